The Kier molecular flexibility index (Phi) is 6.12. The Hall–Kier alpha value is -3.01. The molecular formula is C19H19F2N3O4S. The van der Waals surface area contributed by atoms with Crippen LogP contribution in [0.15, 0.2) is 47.4 Å². The molecule has 0 aliphatic carbocycles. The Morgan fingerprint density at radius 2 is 1.72 bits per heavy atom. The van der Waals surface area contributed by atoms with Crippen molar-refractivity contribution in [2.24, 2.45) is 0 Å². The Morgan fingerprint density at radius 1 is 1.03 bits per heavy atom. The molecule has 3 rings (SSSR count). The van der Waals surface area contributed by atoms with E-state index in [9.17, 15) is 26.8 Å². The molecule has 0 unspecified atom stereocenters. The van der Waals surface area contributed by atoms with E-state index in [1.165, 1.54) is 24.3 Å². The van der Waals surface area contributed by atoms with E-state index in [0.717, 1.165) is 18.6 Å². The summed E-state index contributed by atoms with van der Waals surface area (Å²) in [6.45, 7) is 1.02. The number of hydrogen-bond donors (Lipinski definition) is 2. The summed E-state index contributed by atoms with van der Waals surface area (Å²) in [6, 6.07) is 8.15. The fraction of sp³-hybridized carbons (Fsp3) is 0.263. The molecule has 1 aliphatic rings. The number of anilines is 2. The second-order valence-electron chi connectivity index (χ2n) is 6.54. The first-order chi connectivity index (χ1) is 13.7. The third kappa shape index (κ3) is 5.29. The van der Waals surface area contributed by atoms with Gasteiger partial charge in [0.2, 0.25) is 11.8 Å². The van der Waals surface area contributed by atoms with Gasteiger partial charge >= 0.3 is 0 Å². The fourth-order valence-electron chi connectivity index (χ4n) is 2.88. The van der Waals surface area contributed by atoms with E-state index in [0.29, 0.717) is 31.3 Å². The van der Waals surface area contributed by atoms with Crippen LogP contribution in [0.25, 0.3) is 0 Å². The maximum absolute atomic E-state index is 13.3. The minimum Gasteiger partial charge on any atom is -0.342 e. The number of nitrogens with one attached hydrogen (secondary N) is 2. The molecule has 1 aliphatic heterocycles. The zero-order valence-corrected chi connectivity index (χ0v) is 16.1. The molecule has 29 heavy (non-hydrogen) atoms. The molecule has 2 N–H and O–H groups in total. The lowest BCUT2D eigenvalue weighted by molar-refractivity contribution is -0.128. The quantitative estimate of drug-likeness (QED) is 0.716. The number of rotatable bonds is 7. The van der Waals surface area contributed by atoms with E-state index in [1.54, 1.807) is 4.90 Å². The Morgan fingerprint density at radius 3 is 2.34 bits per heavy atom. The SMILES string of the molecule is O=C(CCN1CCCC1=O)Nc1ccc(NS(=O)(=O)c2ccc(F)c(F)c2)cc1. The average Bonchev–Trinajstić information content (AvgIpc) is 3.08. The minimum atomic E-state index is -4.09. The van der Waals surface area contributed by atoms with E-state index < -0.39 is 26.6 Å². The van der Waals surface area contributed by atoms with Gasteiger partial charge in [0.05, 0.1) is 4.90 Å². The summed E-state index contributed by atoms with van der Waals surface area (Å²) in [5.74, 6) is -2.62. The van der Waals surface area contributed by atoms with Crippen molar-refractivity contribution in [3.63, 3.8) is 0 Å². The number of nitrogens with zero attached hydrogens (tertiary/aromatic N) is 1. The van der Waals surface area contributed by atoms with Crippen LogP contribution in [0.2, 0.25) is 0 Å². The van der Waals surface area contributed by atoms with E-state index in [4.69, 9.17) is 0 Å². The zero-order chi connectivity index (χ0) is 21.0. The van der Waals surface area contributed by atoms with Gasteiger partial charge < -0.3 is 10.2 Å². The lowest BCUT2D eigenvalue weighted by atomic mass is 10.2. The van der Waals surface area contributed by atoms with Crippen molar-refractivity contribution in [1.82, 2.24) is 4.90 Å². The number of sulfonamides is 1. The highest BCUT2D eigenvalue weighted by atomic mass is 32.2. The number of halogens is 2. The van der Waals surface area contributed by atoms with E-state index in [-0.39, 0.29) is 23.9 Å². The lowest BCUT2D eigenvalue weighted by Gasteiger charge is -2.15. The van der Waals surface area contributed by atoms with E-state index in [2.05, 4.69) is 10.0 Å². The minimum absolute atomic E-state index is 0.0514. The van der Waals surface area contributed by atoms with Crippen molar-refractivity contribution >= 4 is 33.2 Å². The summed E-state index contributed by atoms with van der Waals surface area (Å²) in [4.78, 5) is 24.8. The van der Waals surface area contributed by atoms with Gasteiger partial charge in [-0.05, 0) is 48.9 Å². The number of hydrogen-bond acceptors (Lipinski definition) is 4. The molecule has 2 amide bonds. The summed E-state index contributed by atoms with van der Waals surface area (Å²) in [7, 11) is -4.09. The third-order valence-corrected chi connectivity index (χ3v) is 5.78. The molecular weight excluding hydrogens is 404 g/mol. The predicted octanol–water partition coefficient (Wildman–Crippen LogP) is 2.72. The second kappa shape index (κ2) is 8.56. The van der Waals surface area contributed by atoms with Crippen molar-refractivity contribution in [2.45, 2.75) is 24.2 Å². The molecule has 7 nitrogen and oxygen atoms in total. The zero-order valence-electron chi connectivity index (χ0n) is 15.3. The summed E-state index contributed by atoms with van der Waals surface area (Å²) in [6.07, 6.45) is 1.49. The number of likely N-dealkylation sites (tertiary alicyclic amines) is 1. The van der Waals surface area contributed by atoms with E-state index >= 15 is 0 Å². The Bertz CT molecular complexity index is 1030. The molecule has 0 aromatic heterocycles. The molecule has 0 radical (unpaired) electrons. The highest BCUT2D eigenvalue weighted by molar-refractivity contribution is 7.92. The summed E-state index contributed by atoms with van der Waals surface area (Å²) in [5, 5.41) is 2.67. The Labute approximate surface area is 166 Å². The van der Waals surface area contributed by atoms with Gasteiger partial charge in [0, 0.05) is 37.3 Å². The van der Waals surface area contributed by atoms with Crippen LogP contribution < -0.4 is 10.0 Å². The van der Waals surface area contributed by atoms with Crippen LogP contribution in [0, 0.1) is 11.6 Å². The van der Waals surface area contributed by atoms with Crippen LogP contribution in [0.5, 0.6) is 0 Å². The fourth-order valence-corrected chi connectivity index (χ4v) is 3.95. The molecule has 0 spiro atoms. The molecule has 1 heterocycles. The largest absolute Gasteiger partial charge is 0.342 e. The van der Waals surface area contributed by atoms with Gasteiger partial charge in [-0.15, -0.1) is 0 Å². The Balaban J connectivity index is 1.57. The van der Waals surface area contributed by atoms with Gasteiger partial charge in [-0.3, -0.25) is 14.3 Å². The maximum Gasteiger partial charge on any atom is 0.261 e. The highest BCUT2D eigenvalue weighted by Crippen LogP contribution is 2.20. The van der Waals surface area contributed by atoms with Crippen LogP contribution >= 0.6 is 0 Å². The van der Waals surface area contributed by atoms with Gasteiger partial charge in [0.15, 0.2) is 11.6 Å². The van der Waals surface area contributed by atoms with Gasteiger partial charge in [0.1, 0.15) is 0 Å². The van der Waals surface area contributed by atoms with Gasteiger partial charge in [0.25, 0.3) is 10.0 Å². The van der Waals surface area contributed by atoms with Crippen molar-refractivity contribution in [2.75, 3.05) is 23.1 Å². The van der Waals surface area contributed by atoms with Gasteiger partial charge in [-0.2, -0.15) is 0 Å². The van der Waals surface area contributed by atoms with Crippen LogP contribution in [0.1, 0.15) is 19.3 Å². The highest BCUT2D eigenvalue weighted by Gasteiger charge is 2.20. The number of carbonyl (C=O) groups is 2. The summed E-state index contributed by atoms with van der Waals surface area (Å²) >= 11 is 0. The summed E-state index contributed by atoms with van der Waals surface area (Å²) < 4.78 is 53.0. The molecule has 1 saturated heterocycles. The first-order valence-electron chi connectivity index (χ1n) is 8.90. The third-order valence-electron chi connectivity index (χ3n) is 4.40. The van der Waals surface area contributed by atoms with Gasteiger partial charge in [-0.25, -0.2) is 17.2 Å². The standard InChI is InChI=1S/C19H19F2N3O4S/c20-16-8-7-15(12-17(16)21)29(27,28)23-14-5-3-13(4-6-14)22-18(25)9-11-24-10-1-2-19(24)26/h3-8,12,23H,1-2,9-11H2,(H,22,25). The van der Waals surface area contributed by atoms with Crippen LogP contribution in [0.4, 0.5) is 20.2 Å². The molecule has 2 aromatic carbocycles. The van der Waals surface area contributed by atoms with Crippen LogP contribution in [0.3, 0.4) is 0 Å². The number of benzene rings is 2. The normalized spacial score (nSPS) is 14.1. The van der Waals surface area contributed by atoms with Gasteiger partial charge in [-0.1, -0.05) is 0 Å². The molecule has 1 fully saturated rings. The molecule has 10 heteroatoms. The maximum atomic E-state index is 13.3. The van der Waals surface area contributed by atoms with Crippen LogP contribution in [-0.4, -0.2) is 38.2 Å². The molecule has 0 atom stereocenters. The molecule has 2 aromatic rings. The number of carbonyl (C=O) groups excluding carboxylic acids is 2. The second-order valence-corrected chi connectivity index (χ2v) is 8.22. The molecule has 154 valence electrons. The smallest absolute Gasteiger partial charge is 0.261 e. The van der Waals surface area contributed by atoms with E-state index in [1.807, 2.05) is 0 Å². The number of amides is 2. The molecule has 0 saturated carbocycles. The lowest BCUT2D eigenvalue weighted by Crippen LogP contribution is -2.28. The van der Waals surface area contributed by atoms with Crippen molar-refractivity contribution < 1.29 is 26.8 Å². The first-order valence-corrected chi connectivity index (χ1v) is 10.4. The van der Waals surface area contributed by atoms with Crippen LogP contribution in [-0.2, 0) is 19.6 Å². The topological polar surface area (TPSA) is 95.6 Å². The predicted molar refractivity (Wildman–Crippen MR) is 103 cm³/mol. The average molecular weight is 423 g/mol. The molecule has 0 bridgehead atoms. The van der Waals surface area contributed by atoms with Crippen molar-refractivity contribution in [3.05, 3.63) is 54.1 Å². The van der Waals surface area contributed by atoms with Crippen molar-refractivity contribution in [1.29, 1.82) is 0 Å². The van der Waals surface area contributed by atoms with Crippen molar-refractivity contribution in [3.8, 4) is 0 Å². The monoisotopic (exact) mass is 423 g/mol. The summed E-state index contributed by atoms with van der Waals surface area (Å²) in [5.41, 5.74) is 0.647. The first kappa shape index (κ1) is 20.7.